The zero-order valence-electron chi connectivity index (χ0n) is 11.7. The monoisotopic (exact) mass is 267 g/mol. The molecule has 0 heterocycles. The van der Waals surface area contributed by atoms with Crippen molar-refractivity contribution in [2.45, 2.75) is 19.9 Å². The summed E-state index contributed by atoms with van der Waals surface area (Å²) in [6, 6.07) is 5.71. The second kappa shape index (κ2) is 7.63. The molecule has 106 valence electrons. The van der Waals surface area contributed by atoms with E-state index in [1.165, 1.54) is 0 Å². The van der Waals surface area contributed by atoms with Gasteiger partial charge < -0.3 is 14.6 Å². The summed E-state index contributed by atoms with van der Waals surface area (Å²) < 4.78 is 10.6. The van der Waals surface area contributed by atoms with Crippen molar-refractivity contribution in [1.82, 2.24) is 4.90 Å². The Morgan fingerprint density at radius 3 is 2.58 bits per heavy atom. The van der Waals surface area contributed by atoms with Gasteiger partial charge in [0.2, 0.25) is 0 Å². The number of carboxylic acids is 1. The number of carbonyl (C=O) groups is 1. The minimum absolute atomic E-state index is 0.139. The molecule has 0 atom stereocenters. The van der Waals surface area contributed by atoms with Crippen LogP contribution in [0.4, 0.5) is 0 Å². The Balaban J connectivity index is 2.81. The van der Waals surface area contributed by atoms with E-state index in [-0.39, 0.29) is 6.42 Å². The van der Waals surface area contributed by atoms with E-state index in [9.17, 15) is 4.79 Å². The number of nitrogens with zero attached hydrogens (tertiary/aromatic N) is 1. The van der Waals surface area contributed by atoms with Gasteiger partial charge in [-0.15, -0.1) is 0 Å². The van der Waals surface area contributed by atoms with Crippen LogP contribution in [0, 0.1) is 0 Å². The molecule has 1 aromatic carbocycles. The summed E-state index contributed by atoms with van der Waals surface area (Å²) in [5.41, 5.74) is 0.995. The molecule has 0 aliphatic carbocycles. The van der Waals surface area contributed by atoms with Gasteiger partial charge >= 0.3 is 5.97 Å². The highest BCUT2D eigenvalue weighted by Gasteiger charge is 2.13. The van der Waals surface area contributed by atoms with Crippen LogP contribution in [0.15, 0.2) is 18.2 Å². The molecule has 5 heteroatoms. The Labute approximate surface area is 113 Å². The second-order valence-electron chi connectivity index (χ2n) is 4.17. The quantitative estimate of drug-likeness (QED) is 0.780. The molecule has 0 bridgehead atoms. The van der Waals surface area contributed by atoms with Crippen molar-refractivity contribution in [3.63, 3.8) is 0 Å². The number of benzene rings is 1. The molecule has 1 aromatic rings. The molecule has 0 spiro atoms. The van der Waals surface area contributed by atoms with Crippen LogP contribution in [0.3, 0.4) is 0 Å². The lowest BCUT2D eigenvalue weighted by Gasteiger charge is -2.21. The maximum Gasteiger partial charge on any atom is 0.304 e. The predicted octanol–water partition coefficient (Wildman–Crippen LogP) is 2.00. The number of hydrogen-bond donors (Lipinski definition) is 1. The van der Waals surface area contributed by atoms with E-state index in [2.05, 4.69) is 4.90 Å². The molecule has 1 rings (SSSR count). The summed E-state index contributed by atoms with van der Waals surface area (Å²) in [6.07, 6.45) is 0.139. The molecule has 1 N–H and O–H groups in total. The zero-order valence-corrected chi connectivity index (χ0v) is 11.7. The van der Waals surface area contributed by atoms with Gasteiger partial charge in [-0.25, -0.2) is 0 Å². The summed E-state index contributed by atoms with van der Waals surface area (Å²) in [5.74, 6) is 0.615. The Bertz CT molecular complexity index is 420. The minimum atomic E-state index is -0.781. The summed E-state index contributed by atoms with van der Waals surface area (Å²) in [4.78, 5) is 12.7. The average molecular weight is 267 g/mol. The van der Waals surface area contributed by atoms with Gasteiger partial charge in [0.05, 0.1) is 20.6 Å². The van der Waals surface area contributed by atoms with E-state index in [1.807, 2.05) is 25.1 Å². The fourth-order valence-corrected chi connectivity index (χ4v) is 1.92. The highest BCUT2D eigenvalue weighted by atomic mass is 16.5. The number of aliphatic carboxylic acids is 1. The molecule has 5 nitrogen and oxygen atoms in total. The molecule has 0 amide bonds. The van der Waals surface area contributed by atoms with E-state index >= 15 is 0 Å². The number of carboxylic acid groups (broad SMARTS) is 1. The molecule has 0 aromatic heterocycles. The largest absolute Gasteiger partial charge is 0.493 e. The van der Waals surface area contributed by atoms with Crippen molar-refractivity contribution in [3.05, 3.63) is 23.8 Å². The van der Waals surface area contributed by atoms with E-state index in [1.54, 1.807) is 14.2 Å². The van der Waals surface area contributed by atoms with Crippen LogP contribution in [0.5, 0.6) is 11.5 Å². The summed E-state index contributed by atoms with van der Waals surface area (Å²) in [5, 5.41) is 8.74. The van der Waals surface area contributed by atoms with E-state index in [0.717, 1.165) is 12.1 Å². The summed E-state index contributed by atoms with van der Waals surface area (Å²) in [6.45, 7) is 3.96. The van der Waals surface area contributed by atoms with Gasteiger partial charge in [-0.1, -0.05) is 19.1 Å². The molecule has 0 radical (unpaired) electrons. The Kier molecular flexibility index (Phi) is 6.15. The lowest BCUT2D eigenvalue weighted by molar-refractivity contribution is -0.137. The zero-order chi connectivity index (χ0) is 14.3. The van der Waals surface area contributed by atoms with Gasteiger partial charge in [0.25, 0.3) is 0 Å². The smallest absolute Gasteiger partial charge is 0.304 e. The highest BCUT2D eigenvalue weighted by molar-refractivity contribution is 5.66. The van der Waals surface area contributed by atoms with E-state index in [4.69, 9.17) is 14.6 Å². The molecule has 0 saturated carbocycles. The van der Waals surface area contributed by atoms with Crippen LogP contribution in [0.25, 0.3) is 0 Å². The Hall–Kier alpha value is -1.75. The SMILES string of the molecule is CCN(CCC(=O)O)Cc1cccc(OC)c1OC. The van der Waals surface area contributed by atoms with Crippen molar-refractivity contribution in [3.8, 4) is 11.5 Å². The van der Waals surface area contributed by atoms with Crippen LogP contribution < -0.4 is 9.47 Å². The summed E-state index contributed by atoms with van der Waals surface area (Å²) >= 11 is 0. The van der Waals surface area contributed by atoms with Crippen LogP contribution in [-0.2, 0) is 11.3 Å². The van der Waals surface area contributed by atoms with Gasteiger partial charge in [0, 0.05) is 18.7 Å². The van der Waals surface area contributed by atoms with Gasteiger partial charge in [-0.3, -0.25) is 9.69 Å². The van der Waals surface area contributed by atoms with Crippen LogP contribution in [0.1, 0.15) is 18.9 Å². The van der Waals surface area contributed by atoms with Gasteiger partial charge in [0.15, 0.2) is 11.5 Å². The highest BCUT2D eigenvalue weighted by Crippen LogP contribution is 2.31. The molecule has 0 fully saturated rings. The maximum absolute atomic E-state index is 10.6. The molecule has 0 aliphatic rings. The Morgan fingerprint density at radius 1 is 1.32 bits per heavy atom. The third-order valence-electron chi connectivity index (χ3n) is 2.97. The van der Waals surface area contributed by atoms with Crippen molar-refractivity contribution in [2.75, 3.05) is 27.3 Å². The molecular weight excluding hydrogens is 246 g/mol. The first-order chi connectivity index (χ1) is 9.12. The van der Waals surface area contributed by atoms with Gasteiger partial charge in [-0.05, 0) is 12.6 Å². The lowest BCUT2D eigenvalue weighted by Crippen LogP contribution is -2.26. The standard InChI is InChI=1S/C14H21NO4/c1-4-15(9-8-13(16)17)10-11-6-5-7-12(18-2)14(11)19-3/h5-7H,4,8-10H2,1-3H3,(H,16,17). The number of ether oxygens (including phenoxy) is 2. The first-order valence-electron chi connectivity index (χ1n) is 6.26. The number of hydrogen-bond acceptors (Lipinski definition) is 4. The number of rotatable bonds is 8. The normalized spacial score (nSPS) is 10.5. The lowest BCUT2D eigenvalue weighted by atomic mass is 10.1. The van der Waals surface area contributed by atoms with Crippen molar-refractivity contribution < 1.29 is 19.4 Å². The molecule has 0 saturated heterocycles. The fraction of sp³-hybridized carbons (Fsp3) is 0.500. The van der Waals surface area contributed by atoms with E-state index in [0.29, 0.717) is 24.6 Å². The second-order valence-corrected chi connectivity index (χ2v) is 4.17. The third kappa shape index (κ3) is 4.44. The van der Waals surface area contributed by atoms with Gasteiger partial charge in [-0.2, -0.15) is 0 Å². The van der Waals surface area contributed by atoms with Crippen LogP contribution >= 0.6 is 0 Å². The van der Waals surface area contributed by atoms with Crippen molar-refractivity contribution in [1.29, 1.82) is 0 Å². The first-order valence-corrected chi connectivity index (χ1v) is 6.26. The van der Waals surface area contributed by atoms with Crippen LogP contribution in [0.2, 0.25) is 0 Å². The summed E-state index contributed by atoms with van der Waals surface area (Å²) in [7, 11) is 3.21. The van der Waals surface area contributed by atoms with Crippen LogP contribution in [-0.4, -0.2) is 43.3 Å². The topological polar surface area (TPSA) is 59.0 Å². The maximum atomic E-state index is 10.6. The third-order valence-corrected chi connectivity index (χ3v) is 2.97. The van der Waals surface area contributed by atoms with Crippen molar-refractivity contribution in [2.24, 2.45) is 0 Å². The van der Waals surface area contributed by atoms with Crippen molar-refractivity contribution >= 4 is 5.97 Å². The predicted molar refractivity (Wildman–Crippen MR) is 72.7 cm³/mol. The number of methoxy groups -OCH3 is 2. The molecular formula is C14H21NO4. The van der Waals surface area contributed by atoms with Gasteiger partial charge in [0.1, 0.15) is 0 Å². The minimum Gasteiger partial charge on any atom is -0.493 e. The van der Waals surface area contributed by atoms with E-state index < -0.39 is 5.97 Å². The average Bonchev–Trinajstić information content (AvgIpc) is 2.42. The number of para-hydroxylation sites is 1. The Morgan fingerprint density at radius 2 is 2.05 bits per heavy atom. The molecule has 0 aliphatic heterocycles. The first kappa shape index (κ1) is 15.3. The fourth-order valence-electron chi connectivity index (χ4n) is 1.92. The molecule has 19 heavy (non-hydrogen) atoms. The molecule has 0 unspecified atom stereocenters.